The quantitative estimate of drug-likeness (QED) is 0.283. The van der Waals surface area contributed by atoms with Crippen LogP contribution >= 0.6 is 0 Å². The van der Waals surface area contributed by atoms with Crippen LogP contribution in [-0.2, 0) is 24.0 Å². The van der Waals surface area contributed by atoms with Gasteiger partial charge >= 0.3 is 0 Å². The molecule has 4 nitrogen and oxygen atoms in total. The van der Waals surface area contributed by atoms with Crippen molar-refractivity contribution in [2.75, 3.05) is 13.7 Å². The van der Waals surface area contributed by atoms with Crippen LogP contribution in [0.25, 0.3) is 11.1 Å². The van der Waals surface area contributed by atoms with E-state index in [0.717, 1.165) is 65.3 Å². The maximum atomic E-state index is 5.22. The molecule has 4 aromatic carbocycles. The molecule has 4 heteroatoms. The van der Waals surface area contributed by atoms with E-state index in [1.165, 1.54) is 33.5 Å². The minimum atomic E-state index is 0.717. The predicted octanol–water partition coefficient (Wildman–Crippen LogP) is 7.37. The van der Waals surface area contributed by atoms with E-state index in [9.17, 15) is 0 Å². The normalized spacial score (nSPS) is 15.1. The van der Waals surface area contributed by atoms with Crippen LogP contribution in [-0.4, -0.2) is 30.9 Å². The van der Waals surface area contributed by atoms with Gasteiger partial charge in [-0.2, -0.15) is 0 Å². The Labute approximate surface area is 217 Å². The second-order valence-electron chi connectivity index (χ2n) is 9.96. The average Bonchev–Trinajstić information content (AvgIpc) is 3.67. The minimum Gasteiger partial charge on any atom is -0.384 e. The lowest BCUT2D eigenvalue weighted by atomic mass is 9.98. The van der Waals surface area contributed by atoms with E-state index in [-0.39, 0.29) is 0 Å². The number of aliphatic imine (C=N–C) groups is 3. The van der Waals surface area contributed by atoms with Crippen molar-refractivity contribution in [3.05, 3.63) is 113 Å². The summed E-state index contributed by atoms with van der Waals surface area (Å²) in [5.74, 6) is 0. The molecule has 7 rings (SSSR count). The van der Waals surface area contributed by atoms with Gasteiger partial charge in [-0.15, -0.1) is 0 Å². The monoisotopic (exact) mass is 481 g/mol. The van der Waals surface area contributed by atoms with E-state index >= 15 is 0 Å². The molecule has 3 aliphatic heterocycles. The zero-order chi connectivity index (χ0) is 24.8. The average molecular weight is 482 g/mol. The number of hydrogen-bond acceptors (Lipinski definition) is 4. The summed E-state index contributed by atoms with van der Waals surface area (Å²) in [4.78, 5) is 14.9. The van der Waals surface area contributed by atoms with Gasteiger partial charge in [-0.25, -0.2) is 0 Å². The molecule has 0 N–H and O–H groups in total. The van der Waals surface area contributed by atoms with Gasteiger partial charge in [0, 0.05) is 38.5 Å². The summed E-state index contributed by atoms with van der Waals surface area (Å²) < 4.78 is 5.22. The SMILES string of the molecule is COCCC1=Nc2cc(C3=Nc4cc(C5=Nc6cc(-c7ccccc7)ccc6C5)ccc4C3)ccc2C1. The molecular formula is C33H27N3O. The van der Waals surface area contributed by atoms with Crippen LogP contribution in [0.1, 0.15) is 34.2 Å². The molecule has 0 atom stereocenters. The van der Waals surface area contributed by atoms with Crippen LogP contribution in [0.2, 0.25) is 0 Å². The summed E-state index contributed by atoms with van der Waals surface area (Å²) in [7, 11) is 1.74. The van der Waals surface area contributed by atoms with Crippen LogP contribution in [0.3, 0.4) is 0 Å². The minimum absolute atomic E-state index is 0.717. The van der Waals surface area contributed by atoms with Crippen molar-refractivity contribution in [2.24, 2.45) is 15.0 Å². The zero-order valence-electron chi connectivity index (χ0n) is 20.9. The summed E-state index contributed by atoms with van der Waals surface area (Å²) in [6.45, 7) is 0.717. The van der Waals surface area contributed by atoms with Gasteiger partial charge in [-0.1, -0.05) is 66.7 Å². The molecule has 0 saturated heterocycles. The first-order valence-electron chi connectivity index (χ1n) is 12.9. The summed E-state index contributed by atoms with van der Waals surface area (Å²) in [6, 6.07) is 30.3. The standard InChI is InChI=1S/C33H27N3O/c1-37-14-13-28-15-23-9-10-25(17-29(23)34-28)31-19-27-12-11-26(20-33(27)36-31)32-18-24-8-7-22(16-30(24)35-32)21-5-3-2-4-6-21/h2-12,16-17,20H,13-15,18-19H2,1H3. The van der Waals surface area contributed by atoms with Crippen LogP contribution in [0.15, 0.2) is 99.9 Å². The highest BCUT2D eigenvalue weighted by Crippen LogP contribution is 2.37. The van der Waals surface area contributed by atoms with E-state index in [4.69, 9.17) is 19.7 Å². The number of nitrogens with zero attached hydrogens (tertiary/aromatic N) is 3. The van der Waals surface area contributed by atoms with Gasteiger partial charge in [0.15, 0.2) is 0 Å². The second-order valence-corrected chi connectivity index (χ2v) is 9.96. The number of hydrogen-bond donors (Lipinski definition) is 0. The van der Waals surface area contributed by atoms with E-state index in [0.29, 0.717) is 6.61 Å². The van der Waals surface area contributed by atoms with Crippen molar-refractivity contribution in [3.63, 3.8) is 0 Å². The molecule has 37 heavy (non-hydrogen) atoms. The number of fused-ring (bicyclic) bond motifs is 3. The highest BCUT2D eigenvalue weighted by molar-refractivity contribution is 6.10. The van der Waals surface area contributed by atoms with Gasteiger partial charge in [-0.05, 0) is 57.1 Å². The lowest BCUT2D eigenvalue weighted by Gasteiger charge is -2.04. The van der Waals surface area contributed by atoms with E-state index < -0.39 is 0 Å². The lowest BCUT2D eigenvalue weighted by Crippen LogP contribution is -2.02. The Bertz CT molecular complexity index is 1630. The van der Waals surface area contributed by atoms with Crippen LogP contribution in [0.5, 0.6) is 0 Å². The van der Waals surface area contributed by atoms with Gasteiger partial charge < -0.3 is 4.74 Å². The van der Waals surface area contributed by atoms with E-state index in [1.807, 2.05) is 6.07 Å². The van der Waals surface area contributed by atoms with Gasteiger partial charge in [0.1, 0.15) is 0 Å². The highest BCUT2D eigenvalue weighted by atomic mass is 16.5. The molecule has 4 aromatic rings. The first-order chi connectivity index (χ1) is 18.2. The third-order valence-corrected chi connectivity index (χ3v) is 7.52. The third-order valence-electron chi connectivity index (χ3n) is 7.52. The van der Waals surface area contributed by atoms with Crippen molar-refractivity contribution < 1.29 is 4.74 Å². The Kier molecular flexibility index (Phi) is 5.40. The Morgan fingerprint density at radius 2 is 1.11 bits per heavy atom. The molecule has 0 amide bonds. The number of rotatable bonds is 6. The summed E-state index contributed by atoms with van der Waals surface area (Å²) in [5.41, 5.74) is 15.2. The van der Waals surface area contributed by atoms with Crippen molar-refractivity contribution in [1.29, 1.82) is 0 Å². The number of benzene rings is 4. The molecule has 0 bridgehead atoms. The number of methoxy groups -OCH3 is 1. The summed E-state index contributed by atoms with van der Waals surface area (Å²) in [6.07, 6.45) is 3.51. The fourth-order valence-corrected chi connectivity index (χ4v) is 5.48. The smallest absolute Gasteiger partial charge is 0.0675 e. The van der Waals surface area contributed by atoms with Crippen molar-refractivity contribution in [2.45, 2.75) is 25.7 Å². The zero-order valence-corrected chi connectivity index (χ0v) is 20.9. The molecule has 180 valence electrons. The predicted molar refractivity (Wildman–Crippen MR) is 152 cm³/mol. The molecule has 3 aliphatic rings. The maximum Gasteiger partial charge on any atom is 0.0675 e. The van der Waals surface area contributed by atoms with Crippen LogP contribution in [0, 0.1) is 0 Å². The first-order valence-corrected chi connectivity index (χ1v) is 12.9. The van der Waals surface area contributed by atoms with Crippen molar-refractivity contribution in [1.82, 2.24) is 0 Å². The van der Waals surface area contributed by atoms with Gasteiger partial charge in [0.05, 0.1) is 35.1 Å². The molecule has 0 aromatic heterocycles. The van der Waals surface area contributed by atoms with Gasteiger partial charge in [0.25, 0.3) is 0 Å². The van der Waals surface area contributed by atoms with Crippen molar-refractivity contribution >= 4 is 34.2 Å². The van der Waals surface area contributed by atoms with Crippen LogP contribution < -0.4 is 0 Å². The Balaban J connectivity index is 1.14. The molecule has 0 unspecified atom stereocenters. The highest BCUT2D eigenvalue weighted by Gasteiger charge is 2.22. The maximum absolute atomic E-state index is 5.22. The Morgan fingerprint density at radius 1 is 0.568 bits per heavy atom. The summed E-state index contributed by atoms with van der Waals surface area (Å²) >= 11 is 0. The van der Waals surface area contributed by atoms with Crippen molar-refractivity contribution in [3.8, 4) is 11.1 Å². The first kappa shape index (κ1) is 22.1. The molecule has 3 heterocycles. The Morgan fingerprint density at radius 3 is 1.73 bits per heavy atom. The lowest BCUT2D eigenvalue weighted by molar-refractivity contribution is 0.207. The van der Waals surface area contributed by atoms with Crippen LogP contribution in [0.4, 0.5) is 17.1 Å². The molecule has 0 fully saturated rings. The Hall–Kier alpha value is -4.15. The fraction of sp³-hybridized carbons (Fsp3) is 0.182. The molecule has 0 radical (unpaired) electrons. The molecule has 0 saturated carbocycles. The molecule has 0 aliphatic carbocycles. The second kappa shape index (κ2) is 9.06. The van der Waals surface area contributed by atoms with E-state index in [2.05, 4.69) is 78.9 Å². The molecule has 0 spiro atoms. The fourth-order valence-electron chi connectivity index (χ4n) is 5.48. The van der Waals surface area contributed by atoms with E-state index in [1.54, 1.807) is 7.11 Å². The van der Waals surface area contributed by atoms with Gasteiger partial charge in [-0.3, -0.25) is 15.0 Å². The largest absolute Gasteiger partial charge is 0.384 e. The third kappa shape index (κ3) is 4.13. The number of ether oxygens (including phenoxy) is 1. The molecular weight excluding hydrogens is 454 g/mol. The van der Waals surface area contributed by atoms with Gasteiger partial charge in [0.2, 0.25) is 0 Å². The topological polar surface area (TPSA) is 46.3 Å². The summed E-state index contributed by atoms with van der Waals surface area (Å²) in [5, 5.41) is 0.